The van der Waals surface area contributed by atoms with Gasteiger partial charge >= 0.3 is 0 Å². The molecule has 6 nitrogen and oxygen atoms in total. The first-order valence-corrected chi connectivity index (χ1v) is 11.5. The molecule has 0 heterocycles. The third-order valence-electron chi connectivity index (χ3n) is 4.33. The van der Waals surface area contributed by atoms with Gasteiger partial charge in [-0.15, -0.1) is 0 Å². The zero-order chi connectivity index (χ0) is 22.4. The third-order valence-corrected chi connectivity index (χ3v) is 5.93. The van der Waals surface area contributed by atoms with Crippen LogP contribution in [0, 0.1) is 0 Å². The van der Waals surface area contributed by atoms with Gasteiger partial charge in [0, 0.05) is 22.2 Å². The van der Waals surface area contributed by atoms with Crippen molar-refractivity contribution < 1.29 is 22.7 Å². The summed E-state index contributed by atoms with van der Waals surface area (Å²) < 4.78 is 39.7. The highest BCUT2D eigenvalue weighted by atomic mass is 35.5. The molecule has 0 unspecified atom stereocenters. The fourth-order valence-corrected chi connectivity index (χ4v) is 4.21. The van der Waals surface area contributed by atoms with Crippen LogP contribution in [-0.4, -0.2) is 27.4 Å². The van der Waals surface area contributed by atoms with E-state index in [1.54, 1.807) is 43.3 Å². The highest BCUT2D eigenvalue weighted by molar-refractivity contribution is 7.92. The molecule has 0 aromatic heterocycles. The lowest BCUT2D eigenvalue weighted by molar-refractivity contribution is 0.103. The summed E-state index contributed by atoms with van der Waals surface area (Å²) in [7, 11) is -4.02. The van der Waals surface area contributed by atoms with E-state index >= 15 is 0 Å². The van der Waals surface area contributed by atoms with Crippen LogP contribution in [0.4, 0.5) is 5.69 Å². The van der Waals surface area contributed by atoms with Crippen LogP contribution >= 0.6 is 11.6 Å². The highest BCUT2D eigenvalue weighted by Crippen LogP contribution is 2.32. The average Bonchev–Trinajstić information content (AvgIpc) is 2.76. The van der Waals surface area contributed by atoms with E-state index in [-0.39, 0.29) is 21.9 Å². The van der Waals surface area contributed by atoms with Gasteiger partial charge in [0.15, 0.2) is 17.3 Å². The van der Waals surface area contributed by atoms with Crippen LogP contribution in [0.2, 0.25) is 5.02 Å². The number of hydrogen-bond donors (Lipinski definition) is 1. The Hall–Kier alpha value is -3.03. The molecule has 3 aromatic carbocycles. The number of ether oxygens (including phenoxy) is 2. The van der Waals surface area contributed by atoms with Crippen molar-refractivity contribution in [2.24, 2.45) is 0 Å². The maximum atomic E-state index is 13.1. The van der Waals surface area contributed by atoms with E-state index in [2.05, 4.69) is 4.72 Å². The Bertz CT molecular complexity index is 1180. The second-order valence-corrected chi connectivity index (χ2v) is 8.58. The largest absolute Gasteiger partial charge is 0.490 e. The normalized spacial score (nSPS) is 11.1. The van der Waals surface area contributed by atoms with Crippen LogP contribution in [0.5, 0.6) is 11.5 Å². The molecule has 0 saturated heterocycles. The minimum atomic E-state index is -4.02. The molecule has 3 aromatic rings. The Morgan fingerprint density at radius 3 is 2.26 bits per heavy atom. The Morgan fingerprint density at radius 2 is 1.58 bits per heavy atom. The van der Waals surface area contributed by atoms with Crippen LogP contribution in [0.25, 0.3) is 0 Å². The predicted molar refractivity (Wildman–Crippen MR) is 121 cm³/mol. The van der Waals surface area contributed by atoms with Crippen molar-refractivity contribution in [3.63, 3.8) is 0 Å². The Kier molecular flexibility index (Phi) is 7.20. The minimum Gasteiger partial charge on any atom is -0.490 e. The molecule has 0 saturated carbocycles. The number of hydrogen-bond acceptors (Lipinski definition) is 5. The van der Waals surface area contributed by atoms with E-state index in [0.29, 0.717) is 35.3 Å². The lowest BCUT2D eigenvalue weighted by Crippen LogP contribution is -2.16. The summed E-state index contributed by atoms with van der Waals surface area (Å²) in [5.41, 5.74) is 0.702. The van der Waals surface area contributed by atoms with Gasteiger partial charge in [-0.1, -0.05) is 41.9 Å². The molecule has 0 amide bonds. The van der Waals surface area contributed by atoms with Gasteiger partial charge in [0.05, 0.1) is 23.8 Å². The van der Waals surface area contributed by atoms with Crippen molar-refractivity contribution in [2.45, 2.75) is 18.7 Å². The topological polar surface area (TPSA) is 81.7 Å². The number of nitrogens with one attached hydrogen (secondary N) is 1. The lowest BCUT2D eigenvalue weighted by Gasteiger charge is -2.15. The maximum Gasteiger partial charge on any atom is 0.262 e. The molecule has 8 heteroatoms. The summed E-state index contributed by atoms with van der Waals surface area (Å²) in [6.07, 6.45) is 0. The van der Waals surface area contributed by atoms with E-state index in [0.717, 1.165) is 0 Å². The number of carbonyl (C=O) groups is 1. The van der Waals surface area contributed by atoms with E-state index in [9.17, 15) is 13.2 Å². The van der Waals surface area contributed by atoms with Crippen molar-refractivity contribution in [1.82, 2.24) is 0 Å². The number of benzene rings is 3. The maximum absolute atomic E-state index is 13.1. The number of halogens is 1. The fraction of sp³-hybridized carbons (Fsp3) is 0.174. The van der Waals surface area contributed by atoms with Gasteiger partial charge in [-0.3, -0.25) is 9.52 Å². The Labute approximate surface area is 186 Å². The van der Waals surface area contributed by atoms with Gasteiger partial charge < -0.3 is 9.47 Å². The lowest BCUT2D eigenvalue weighted by atomic mass is 10.0. The molecule has 3 rings (SSSR count). The van der Waals surface area contributed by atoms with Crippen LogP contribution < -0.4 is 14.2 Å². The summed E-state index contributed by atoms with van der Waals surface area (Å²) in [6, 6.07) is 17.4. The zero-order valence-electron chi connectivity index (χ0n) is 17.1. The van der Waals surface area contributed by atoms with Gasteiger partial charge in [-0.2, -0.15) is 0 Å². The number of rotatable bonds is 9. The zero-order valence-corrected chi connectivity index (χ0v) is 18.7. The van der Waals surface area contributed by atoms with Gasteiger partial charge in [0.1, 0.15) is 0 Å². The van der Waals surface area contributed by atoms with Crippen molar-refractivity contribution in [2.75, 3.05) is 17.9 Å². The van der Waals surface area contributed by atoms with E-state index in [1.807, 2.05) is 6.92 Å². The molecule has 0 bridgehead atoms. The SMILES string of the molecule is CCOc1ccc(S(=O)(=O)Nc2ccc(Cl)cc2C(=O)c2ccccc2)cc1OCC. The molecule has 31 heavy (non-hydrogen) atoms. The van der Waals surface area contributed by atoms with E-state index in [4.69, 9.17) is 21.1 Å². The summed E-state index contributed by atoms with van der Waals surface area (Å²) in [4.78, 5) is 12.9. The number of anilines is 1. The molecule has 162 valence electrons. The molecular formula is C23H22ClNO5S. The highest BCUT2D eigenvalue weighted by Gasteiger charge is 2.22. The van der Waals surface area contributed by atoms with Crippen molar-refractivity contribution in [1.29, 1.82) is 0 Å². The van der Waals surface area contributed by atoms with Gasteiger partial charge in [-0.05, 0) is 44.2 Å². The predicted octanol–water partition coefficient (Wildman–Crippen LogP) is 5.17. The van der Waals surface area contributed by atoms with Crippen molar-refractivity contribution in [3.05, 3.63) is 82.9 Å². The van der Waals surface area contributed by atoms with Crippen LogP contribution in [-0.2, 0) is 10.0 Å². The number of ketones is 1. The molecule has 0 aliphatic rings. The molecule has 0 radical (unpaired) electrons. The minimum absolute atomic E-state index is 0.0209. The fourth-order valence-electron chi connectivity index (χ4n) is 2.94. The van der Waals surface area contributed by atoms with E-state index < -0.39 is 10.0 Å². The Balaban J connectivity index is 1.99. The second kappa shape index (κ2) is 9.85. The molecular weight excluding hydrogens is 438 g/mol. The van der Waals surface area contributed by atoms with Crippen LogP contribution in [0.15, 0.2) is 71.6 Å². The Morgan fingerprint density at radius 1 is 0.903 bits per heavy atom. The number of sulfonamides is 1. The third kappa shape index (κ3) is 5.37. The van der Waals surface area contributed by atoms with Crippen molar-refractivity contribution >= 4 is 33.1 Å². The molecule has 0 atom stereocenters. The molecule has 0 fully saturated rings. The molecule has 1 N–H and O–H groups in total. The monoisotopic (exact) mass is 459 g/mol. The summed E-state index contributed by atoms with van der Waals surface area (Å²) >= 11 is 6.08. The van der Waals surface area contributed by atoms with Gasteiger partial charge in [-0.25, -0.2) is 8.42 Å². The quantitative estimate of drug-likeness (QED) is 0.446. The summed E-state index contributed by atoms with van der Waals surface area (Å²) in [6.45, 7) is 4.39. The first-order chi connectivity index (χ1) is 14.9. The molecule has 0 spiro atoms. The average molecular weight is 460 g/mol. The standard InChI is InChI=1S/C23H22ClNO5S/c1-3-29-21-13-11-18(15-22(21)30-4-2)31(27,28)25-20-12-10-17(24)14-19(20)23(26)16-8-6-5-7-9-16/h5-15,25H,3-4H2,1-2H3. The van der Waals surface area contributed by atoms with Gasteiger partial charge in [0.2, 0.25) is 0 Å². The van der Waals surface area contributed by atoms with Gasteiger partial charge in [0.25, 0.3) is 10.0 Å². The second-order valence-electron chi connectivity index (χ2n) is 6.47. The molecule has 0 aliphatic carbocycles. The van der Waals surface area contributed by atoms with Crippen molar-refractivity contribution in [3.8, 4) is 11.5 Å². The van der Waals surface area contributed by atoms with Crippen LogP contribution in [0.1, 0.15) is 29.8 Å². The van der Waals surface area contributed by atoms with Crippen LogP contribution in [0.3, 0.4) is 0 Å². The smallest absolute Gasteiger partial charge is 0.262 e. The molecule has 0 aliphatic heterocycles. The first kappa shape index (κ1) is 22.7. The van der Waals surface area contributed by atoms with E-state index in [1.165, 1.54) is 30.3 Å². The first-order valence-electron chi connectivity index (χ1n) is 9.67. The summed E-state index contributed by atoms with van der Waals surface area (Å²) in [5, 5.41) is 0.321. The summed E-state index contributed by atoms with van der Waals surface area (Å²) in [5.74, 6) is 0.432. The number of carbonyl (C=O) groups excluding carboxylic acids is 1.